The fourth-order valence-corrected chi connectivity index (χ4v) is 2.90. The van der Waals surface area contributed by atoms with Gasteiger partial charge in [-0.05, 0) is 29.4 Å². The molecule has 0 aliphatic carbocycles. The molecule has 1 aromatic rings. The lowest BCUT2D eigenvalue weighted by atomic mass is 10.0. The molecule has 0 saturated carbocycles. The minimum Gasteiger partial charge on any atom is -0.326 e. The van der Waals surface area contributed by atoms with Gasteiger partial charge < -0.3 is 5.73 Å². The van der Waals surface area contributed by atoms with Crippen LogP contribution in [0.2, 0.25) is 0 Å². The molecule has 0 saturated heterocycles. The molecule has 90 valence electrons. The molecule has 1 rings (SSSR count). The molecule has 0 spiro atoms. The SMILES string of the molecule is CCC(N)C(SC(C)C)c1cccc(F)c1. The summed E-state index contributed by atoms with van der Waals surface area (Å²) in [7, 11) is 0. The molecule has 0 aromatic heterocycles. The van der Waals surface area contributed by atoms with Crippen LogP contribution >= 0.6 is 11.8 Å². The summed E-state index contributed by atoms with van der Waals surface area (Å²) in [5, 5.41) is 0.673. The number of benzene rings is 1. The highest BCUT2D eigenvalue weighted by atomic mass is 32.2. The van der Waals surface area contributed by atoms with Gasteiger partial charge in [-0.1, -0.05) is 32.9 Å². The maximum absolute atomic E-state index is 13.2. The summed E-state index contributed by atoms with van der Waals surface area (Å²) in [5.41, 5.74) is 7.10. The number of hydrogen-bond donors (Lipinski definition) is 1. The summed E-state index contributed by atoms with van der Waals surface area (Å²) in [6.07, 6.45) is 0.904. The van der Waals surface area contributed by atoms with Crippen molar-refractivity contribution in [2.24, 2.45) is 5.73 Å². The van der Waals surface area contributed by atoms with E-state index in [0.717, 1.165) is 12.0 Å². The van der Waals surface area contributed by atoms with Gasteiger partial charge in [0.05, 0.1) is 0 Å². The highest BCUT2D eigenvalue weighted by molar-refractivity contribution is 8.00. The van der Waals surface area contributed by atoms with Crippen molar-refractivity contribution in [2.45, 2.75) is 43.7 Å². The van der Waals surface area contributed by atoms with Crippen molar-refractivity contribution in [3.63, 3.8) is 0 Å². The van der Waals surface area contributed by atoms with E-state index in [4.69, 9.17) is 5.73 Å². The van der Waals surface area contributed by atoms with E-state index < -0.39 is 0 Å². The molecule has 16 heavy (non-hydrogen) atoms. The summed E-state index contributed by atoms with van der Waals surface area (Å²) in [6.45, 7) is 6.34. The van der Waals surface area contributed by atoms with E-state index in [1.807, 2.05) is 6.07 Å². The molecule has 2 N–H and O–H groups in total. The molecule has 0 heterocycles. The van der Waals surface area contributed by atoms with E-state index in [2.05, 4.69) is 20.8 Å². The van der Waals surface area contributed by atoms with Crippen LogP contribution in [-0.2, 0) is 0 Å². The van der Waals surface area contributed by atoms with E-state index in [9.17, 15) is 4.39 Å². The number of hydrogen-bond acceptors (Lipinski definition) is 2. The van der Waals surface area contributed by atoms with Crippen molar-refractivity contribution in [3.05, 3.63) is 35.6 Å². The summed E-state index contributed by atoms with van der Waals surface area (Å²) >= 11 is 1.80. The molecule has 2 unspecified atom stereocenters. The summed E-state index contributed by atoms with van der Waals surface area (Å²) in [6, 6.07) is 6.85. The van der Waals surface area contributed by atoms with Crippen molar-refractivity contribution in [3.8, 4) is 0 Å². The van der Waals surface area contributed by atoms with Crippen LogP contribution in [0.15, 0.2) is 24.3 Å². The van der Waals surface area contributed by atoms with Crippen molar-refractivity contribution >= 4 is 11.8 Å². The average Bonchev–Trinajstić information content (AvgIpc) is 2.24. The van der Waals surface area contributed by atoms with Crippen LogP contribution in [0, 0.1) is 5.82 Å². The molecular formula is C13H20FNS. The standard InChI is InChI=1S/C13H20FNS/c1-4-12(15)13(16-9(2)3)10-6-5-7-11(14)8-10/h5-9,12-13H,4,15H2,1-3H3. The monoisotopic (exact) mass is 241 g/mol. The molecule has 0 bridgehead atoms. The Morgan fingerprint density at radius 3 is 2.56 bits per heavy atom. The van der Waals surface area contributed by atoms with E-state index >= 15 is 0 Å². The number of nitrogens with two attached hydrogens (primary N) is 1. The molecule has 0 aliphatic rings. The van der Waals surface area contributed by atoms with Gasteiger partial charge in [-0.25, -0.2) is 4.39 Å². The van der Waals surface area contributed by atoms with Gasteiger partial charge in [0.2, 0.25) is 0 Å². The molecule has 0 radical (unpaired) electrons. The van der Waals surface area contributed by atoms with E-state index in [1.54, 1.807) is 23.9 Å². The molecule has 0 aliphatic heterocycles. The minimum atomic E-state index is -0.185. The van der Waals surface area contributed by atoms with Gasteiger partial charge in [-0.3, -0.25) is 0 Å². The van der Waals surface area contributed by atoms with Crippen molar-refractivity contribution in [2.75, 3.05) is 0 Å². The number of rotatable bonds is 5. The Morgan fingerprint density at radius 1 is 1.38 bits per heavy atom. The summed E-state index contributed by atoms with van der Waals surface area (Å²) < 4.78 is 13.2. The Labute approximate surface area is 102 Å². The highest BCUT2D eigenvalue weighted by Crippen LogP contribution is 2.35. The van der Waals surface area contributed by atoms with Gasteiger partial charge >= 0.3 is 0 Å². The van der Waals surface area contributed by atoms with Crippen molar-refractivity contribution in [1.82, 2.24) is 0 Å². The van der Waals surface area contributed by atoms with E-state index in [-0.39, 0.29) is 17.1 Å². The second-order valence-electron chi connectivity index (χ2n) is 4.23. The third-order valence-electron chi connectivity index (χ3n) is 2.46. The minimum absolute atomic E-state index is 0.0780. The zero-order valence-electron chi connectivity index (χ0n) is 10.1. The van der Waals surface area contributed by atoms with Crippen LogP contribution in [0.3, 0.4) is 0 Å². The number of halogens is 1. The molecule has 1 nitrogen and oxygen atoms in total. The Hall–Kier alpha value is -0.540. The molecule has 0 fully saturated rings. The smallest absolute Gasteiger partial charge is 0.123 e. The van der Waals surface area contributed by atoms with Crippen LogP contribution in [-0.4, -0.2) is 11.3 Å². The third-order valence-corrected chi connectivity index (χ3v) is 3.92. The topological polar surface area (TPSA) is 26.0 Å². The quantitative estimate of drug-likeness (QED) is 0.849. The second-order valence-corrected chi connectivity index (χ2v) is 5.96. The fourth-order valence-electron chi connectivity index (χ4n) is 1.62. The maximum Gasteiger partial charge on any atom is 0.123 e. The van der Waals surface area contributed by atoms with Crippen LogP contribution in [0.25, 0.3) is 0 Å². The lowest BCUT2D eigenvalue weighted by Crippen LogP contribution is -2.26. The molecule has 2 atom stereocenters. The normalized spacial score (nSPS) is 15.1. The van der Waals surface area contributed by atoms with Crippen LogP contribution in [0.1, 0.15) is 38.0 Å². The largest absolute Gasteiger partial charge is 0.326 e. The first-order chi connectivity index (χ1) is 7.54. The number of thioether (sulfide) groups is 1. The van der Waals surface area contributed by atoms with Gasteiger partial charge in [0.15, 0.2) is 0 Å². The van der Waals surface area contributed by atoms with Gasteiger partial charge in [0.1, 0.15) is 5.82 Å². The Bertz CT molecular complexity index is 327. The van der Waals surface area contributed by atoms with Gasteiger partial charge in [0, 0.05) is 11.3 Å². The summed E-state index contributed by atoms with van der Waals surface area (Å²) in [4.78, 5) is 0. The Kier molecular flexibility index (Phi) is 5.29. The van der Waals surface area contributed by atoms with Crippen molar-refractivity contribution < 1.29 is 4.39 Å². The van der Waals surface area contributed by atoms with Crippen LogP contribution < -0.4 is 5.73 Å². The molecular weight excluding hydrogens is 221 g/mol. The molecule has 0 amide bonds. The zero-order valence-corrected chi connectivity index (χ0v) is 10.9. The predicted molar refractivity (Wildman–Crippen MR) is 70.1 cm³/mol. The zero-order chi connectivity index (χ0) is 12.1. The van der Waals surface area contributed by atoms with Crippen molar-refractivity contribution in [1.29, 1.82) is 0 Å². The summed E-state index contributed by atoms with van der Waals surface area (Å²) in [5.74, 6) is -0.185. The van der Waals surface area contributed by atoms with Gasteiger partial charge in [0.25, 0.3) is 0 Å². The van der Waals surface area contributed by atoms with Crippen LogP contribution in [0.4, 0.5) is 4.39 Å². The van der Waals surface area contributed by atoms with E-state index in [0.29, 0.717) is 5.25 Å². The van der Waals surface area contributed by atoms with E-state index in [1.165, 1.54) is 6.07 Å². The van der Waals surface area contributed by atoms with Gasteiger partial charge in [-0.2, -0.15) is 0 Å². The first-order valence-corrected chi connectivity index (χ1v) is 6.65. The average molecular weight is 241 g/mol. The molecule has 1 aromatic carbocycles. The first kappa shape index (κ1) is 13.5. The lowest BCUT2D eigenvalue weighted by Gasteiger charge is -2.24. The third kappa shape index (κ3) is 3.80. The van der Waals surface area contributed by atoms with Gasteiger partial charge in [-0.15, -0.1) is 11.8 Å². The highest BCUT2D eigenvalue weighted by Gasteiger charge is 2.20. The maximum atomic E-state index is 13.2. The fraction of sp³-hybridized carbons (Fsp3) is 0.538. The Morgan fingerprint density at radius 2 is 2.06 bits per heavy atom. The first-order valence-electron chi connectivity index (χ1n) is 5.71. The second kappa shape index (κ2) is 6.26. The Balaban J connectivity index is 2.91. The lowest BCUT2D eigenvalue weighted by molar-refractivity contribution is 0.609. The molecule has 3 heteroatoms. The van der Waals surface area contributed by atoms with Crippen LogP contribution in [0.5, 0.6) is 0 Å². The predicted octanol–water partition coefficient (Wildman–Crippen LogP) is 3.75.